The van der Waals surface area contributed by atoms with Crippen LogP contribution in [-0.4, -0.2) is 11.0 Å². The molecule has 1 N–H and O–H groups in total. The maximum absolute atomic E-state index is 14.4. The lowest BCUT2D eigenvalue weighted by Gasteiger charge is -2.20. The van der Waals surface area contributed by atoms with E-state index in [4.69, 9.17) is 0 Å². The largest absolute Gasteiger partial charge is 0.382 e. The molecule has 2 aromatic rings. The minimum atomic E-state index is -3.46. The minimum Gasteiger partial charge on any atom is -0.382 e. The van der Waals surface area contributed by atoms with E-state index in [1.165, 1.54) is 19.1 Å². The van der Waals surface area contributed by atoms with Crippen LogP contribution in [0.15, 0.2) is 24.3 Å². The summed E-state index contributed by atoms with van der Waals surface area (Å²) in [5.74, 6) is -9.13. The molecule has 0 aromatic heterocycles. The Morgan fingerprint density at radius 3 is 2.48 bits per heavy atom. The third-order valence-corrected chi connectivity index (χ3v) is 5.12. The number of alkyl halides is 4. The van der Waals surface area contributed by atoms with Crippen LogP contribution < -0.4 is 0 Å². The monoisotopic (exact) mass is 388 g/mol. The molecule has 0 fully saturated rings. The molecule has 1 aliphatic carbocycles. The topological polar surface area (TPSA) is 20.2 Å². The van der Waals surface area contributed by atoms with E-state index in [2.05, 4.69) is 0 Å². The van der Waals surface area contributed by atoms with E-state index in [-0.39, 0.29) is 16.7 Å². The van der Waals surface area contributed by atoms with E-state index in [1.807, 2.05) is 0 Å². The molecule has 27 heavy (non-hydrogen) atoms. The number of aliphatic hydroxyl groups is 1. The molecule has 3 rings (SSSR count). The Hall–Kier alpha value is -2.02. The van der Waals surface area contributed by atoms with Gasteiger partial charge in [-0.3, -0.25) is 0 Å². The summed E-state index contributed by atoms with van der Waals surface area (Å²) in [6.07, 6.45) is -3.82. The molecule has 1 atom stereocenters. The molecule has 0 amide bonds. The zero-order valence-corrected chi connectivity index (χ0v) is 14.7. The second-order valence-electron chi connectivity index (χ2n) is 6.92. The summed E-state index contributed by atoms with van der Waals surface area (Å²) in [6.45, 7) is 2.75. The first-order valence-corrected chi connectivity index (χ1v) is 8.51. The van der Waals surface area contributed by atoms with E-state index in [0.29, 0.717) is 17.7 Å². The quantitative estimate of drug-likeness (QED) is 0.677. The summed E-state index contributed by atoms with van der Waals surface area (Å²) in [5, 5.41) is 9.90. The van der Waals surface area contributed by atoms with Crippen LogP contribution in [-0.2, 0) is 18.8 Å². The van der Waals surface area contributed by atoms with Crippen LogP contribution in [0.25, 0.3) is 0 Å². The van der Waals surface area contributed by atoms with Gasteiger partial charge in [0.2, 0.25) is 0 Å². The van der Waals surface area contributed by atoms with Gasteiger partial charge in [-0.15, -0.1) is 0 Å². The molecule has 1 aliphatic rings. The van der Waals surface area contributed by atoms with Gasteiger partial charge in [0.15, 0.2) is 0 Å². The van der Waals surface area contributed by atoms with Gasteiger partial charge < -0.3 is 5.11 Å². The zero-order valence-electron chi connectivity index (χ0n) is 14.7. The molecule has 146 valence electrons. The maximum Gasteiger partial charge on any atom is 0.281 e. The average Bonchev–Trinajstić information content (AvgIpc) is 2.82. The highest BCUT2D eigenvalue weighted by Gasteiger charge is 2.48. The maximum atomic E-state index is 14.4. The van der Waals surface area contributed by atoms with Crippen molar-refractivity contribution in [2.24, 2.45) is 0 Å². The number of hydrogen-bond donors (Lipinski definition) is 1. The van der Waals surface area contributed by atoms with Gasteiger partial charge in [-0.1, -0.05) is 19.1 Å². The molecule has 2 aromatic carbocycles. The summed E-state index contributed by atoms with van der Waals surface area (Å²) in [6, 6.07) is 4.03. The number of aryl methyl sites for hydroxylation is 1. The van der Waals surface area contributed by atoms with Crippen molar-refractivity contribution in [1.29, 1.82) is 0 Å². The molecule has 7 heteroatoms. The fourth-order valence-electron chi connectivity index (χ4n) is 3.62. The lowest BCUT2D eigenvalue weighted by Crippen LogP contribution is -2.21. The van der Waals surface area contributed by atoms with Crippen molar-refractivity contribution < 1.29 is 31.4 Å². The van der Waals surface area contributed by atoms with Crippen molar-refractivity contribution in [3.8, 4) is 0 Å². The molecule has 0 radical (unpaired) electrons. The van der Waals surface area contributed by atoms with Gasteiger partial charge in [0.05, 0.1) is 0 Å². The Morgan fingerprint density at radius 1 is 1.19 bits per heavy atom. The molecule has 0 heterocycles. The second kappa shape index (κ2) is 6.55. The fourth-order valence-corrected chi connectivity index (χ4v) is 3.62. The van der Waals surface area contributed by atoms with Crippen molar-refractivity contribution in [2.45, 2.75) is 51.1 Å². The van der Waals surface area contributed by atoms with Gasteiger partial charge in [0, 0.05) is 36.5 Å². The number of halogens is 6. The Bertz CT molecular complexity index is 891. The van der Waals surface area contributed by atoms with Gasteiger partial charge in [-0.2, -0.15) is 0 Å². The number of hydrogen-bond acceptors (Lipinski definition) is 1. The predicted octanol–water partition coefficient (Wildman–Crippen LogP) is 5.59. The molecule has 0 saturated heterocycles. The summed E-state index contributed by atoms with van der Waals surface area (Å²) < 4.78 is 84.3. The molecular weight excluding hydrogens is 370 g/mol. The summed E-state index contributed by atoms with van der Waals surface area (Å²) >= 11 is 0. The van der Waals surface area contributed by atoms with E-state index in [0.717, 1.165) is 0 Å². The smallest absolute Gasteiger partial charge is 0.281 e. The van der Waals surface area contributed by atoms with Crippen molar-refractivity contribution in [3.05, 3.63) is 69.3 Å². The third kappa shape index (κ3) is 3.33. The van der Waals surface area contributed by atoms with Crippen LogP contribution in [0.4, 0.5) is 26.3 Å². The SMILES string of the molecule is CCC(F)(F)c1cc(F)cc(F)c1Cc1ccc(C)c2c1CC(F)(F)C2O. The fraction of sp³-hybridized carbons (Fsp3) is 0.400. The van der Waals surface area contributed by atoms with Gasteiger partial charge in [-0.05, 0) is 35.2 Å². The zero-order chi connectivity index (χ0) is 20.1. The summed E-state index contributed by atoms with van der Waals surface area (Å²) in [4.78, 5) is 0. The Labute approximate surface area is 152 Å². The van der Waals surface area contributed by atoms with E-state index in [9.17, 15) is 31.4 Å². The first-order valence-electron chi connectivity index (χ1n) is 8.51. The molecule has 0 aliphatic heterocycles. The summed E-state index contributed by atoms with van der Waals surface area (Å²) in [5.41, 5.74) is -0.394. The Morgan fingerprint density at radius 2 is 1.85 bits per heavy atom. The van der Waals surface area contributed by atoms with Gasteiger partial charge >= 0.3 is 0 Å². The molecule has 0 spiro atoms. The van der Waals surface area contributed by atoms with Gasteiger partial charge in [0.1, 0.15) is 17.7 Å². The van der Waals surface area contributed by atoms with Crippen LogP contribution in [0, 0.1) is 18.6 Å². The molecule has 0 saturated carbocycles. The van der Waals surface area contributed by atoms with Gasteiger partial charge in [0.25, 0.3) is 11.8 Å². The number of rotatable bonds is 4. The number of benzene rings is 2. The molecule has 1 nitrogen and oxygen atoms in total. The van der Waals surface area contributed by atoms with E-state index < -0.39 is 60.0 Å². The van der Waals surface area contributed by atoms with Gasteiger partial charge in [-0.25, -0.2) is 26.3 Å². The highest BCUT2D eigenvalue weighted by atomic mass is 19.3. The second-order valence-corrected chi connectivity index (χ2v) is 6.92. The number of fused-ring (bicyclic) bond motifs is 1. The predicted molar refractivity (Wildman–Crippen MR) is 88.1 cm³/mol. The lowest BCUT2D eigenvalue weighted by molar-refractivity contribution is -0.0970. The highest BCUT2D eigenvalue weighted by Crippen LogP contribution is 2.46. The van der Waals surface area contributed by atoms with Crippen LogP contribution in [0.1, 0.15) is 52.8 Å². The highest BCUT2D eigenvalue weighted by molar-refractivity contribution is 5.50. The standard InChI is InChI=1S/C20H18F6O/c1-3-19(23,24)15-7-12(21)8-16(22)13(15)6-11-5-4-10(2)17-14(11)9-20(25,26)18(17)27/h4-5,7-8,18,27H,3,6,9H2,1-2H3. The van der Waals surface area contributed by atoms with E-state index >= 15 is 0 Å². The average molecular weight is 388 g/mol. The van der Waals surface area contributed by atoms with Crippen LogP contribution >= 0.6 is 0 Å². The lowest BCUT2D eigenvalue weighted by atomic mass is 9.90. The normalized spacial score (nSPS) is 18.6. The van der Waals surface area contributed by atoms with Crippen LogP contribution in [0.3, 0.4) is 0 Å². The Kier molecular flexibility index (Phi) is 4.78. The van der Waals surface area contributed by atoms with Crippen molar-refractivity contribution in [3.63, 3.8) is 0 Å². The molecule has 1 unspecified atom stereocenters. The first kappa shape index (κ1) is 19.7. The van der Waals surface area contributed by atoms with Crippen molar-refractivity contribution >= 4 is 0 Å². The minimum absolute atomic E-state index is 0.0452. The van der Waals surface area contributed by atoms with Crippen LogP contribution in [0.2, 0.25) is 0 Å². The van der Waals surface area contributed by atoms with Crippen molar-refractivity contribution in [1.82, 2.24) is 0 Å². The van der Waals surface area contributed by atoms with Crippen LogP contribution in [0.5, 0.6) is 0 Å². The summed E-state index contributed by atoms with van der Waals surface area (Å²) in [7, 11) is 0. The van der Waals surface area contributed by atoms with E-state index in [1.54, 1.807) is 6.92 Å². The molecular formula is C20H18F6O. The third-order valence-electron chi connectivity index (χ3n) is 5.12. The number of aliphatic hydroxyl groups excluding tert-OH is 1. The first-order chi connectivity index (χ1) is 12.5. The Balaban J connectivity index is 2.14. The molecule has 0 bridgehead atoms. The van der Waals surface area contributed by atoms with Crippen molar-refractivity contribution in [2.75, 3.05) is 0 Å².